The van der Waals surface area contributed by atoms with Crippen LogP contribution in [0.1, 0.15) is 33.6 Å². The van der Waals surface area contributed by atoms with E-state index in [1.165, 1.54) is 6.92 Å². The van der Waals surface area contributed by atoms with Gasteiger partial charge in [-0.25, -0.2) is 0 Å². The monoisotopic (exact) mass is 206 g/mol. The molecule has 0 spiro atoms. The second-order valence-electron chi connectivity index (χ2n) is 3.00. The lowest BCUT2D eigenvalue weighted by molar-refractivity contribution is -0.141. The highest BCUT2D eigenvalue weighted by Gasteiger charge is 1.88. The third-order valence-electron chi connectivity index (χ3n) is 1.21. The molecule has 0 saturated carbocycles. The zero-order valence-electron chi connectivity index (χ0n) is 9.58. The normalized spacial score (nSPS) is 11.2. The molecular weight excluding hydrogens is 184 g/mol. The minimum absolute atomic E-state index is 0.182. The third kappa shape index (κ3) is 22.5. The maximum atomic E-state index is 10.1. The summed E-state index contributed by atoms with van der Waals surface area (Å²) in [6.45, 7) is 6.18. The van der Waals surface area contributed by atoms with E-state index in [1.807, 2.05) is 0 Å². The molecule has 0 radical (unpaired) electrons. The Balaban J connectivity index is 0. The van der Waals surface area contributed by atoms with Crippen molar-refractivity contribution >= 4 is 5.97 Å². The predicted octanol–water partition coefficient (Wildman–Crippen LogP) is 1.36. The van der Waals surface area contributed by atoms with E-state index in [9.17, 15) is 4.79 Å². The van der Waals surface area contributed by atoms with Crippen LogP contribution in [0.25, 0.3) is 0 Å². The van der Waals surface area contributed by atoms with Crippen molar-refractivity contribution in [3.8, 4) is 0 Å². The van der Waals surface area contributed by atoms with Crippen LogP contribution in [0.15, 0.2) is 0 Å². The van der Waals surface area contributed by atoms with Gasteiger partial charge in [-0.3, -0.25) is 4.79 Å². The summed E-state index contributed by atoms with van der Waals surface area (Å²) in [5.41, 5.74) is 0. The lowest BCUT2D eigenvalue weighted by atomic mass is 10.4. The van der Waals surface area contributed by atoms with Gasteiger partial charge in [-0.1, -0.05) is 13.3 Å². The summed E-state index contributed by atoms with van der Waals surface area (Å²) in [7, 11) is 1.56. The molecule has 1 N–H and O–H groups in total. The maximum Gasteiger partial charge on any atom is 0.302 e. The van der Waals surface area contributed by atoms with Crippen LogP contribution in [-0.2, 0) is 14.3 Å². The molecule has 0 aliphatic rings. The van der Waals surface area contributed by atoms with Gasteiger partial charge in [0.15, 0.2) is 0 Å². The summed E-state index contributed by atoms with van der Waals surface area (Å²) in [6.07, 6.45) is 1.72. The molecule has 1 atom stereocenters. The van der Waals surface area contributed by atoms with E-state index in [4.69, 9.17) is 5.11 Å². The van der Waals surface area contributed by atoms with E-state index >= 15 is 0 Å². The number of unbranched alkanes of at least 4 members (excludes halogenated alkanes) is 1. The van der Waals surface area contributed by atoms with E-state index in [1.54, 1.807) is 14.0 Å². The summed E-state index contributed by atoms with van der Waals surface area (Å²) in [5, 5.41) is 8.43. The molecule has 0 aromatic rings. The molecule has 14 heavy (non-hydrogen) atoms. The quantitative estimate of drug-likeness (QED) is 0.545. The van der Waals surface area contributed by atoms with Crippen molar-refractivity contribution in [2.24, 2.45) is 0 Å². The smallest absolute Gasteiger partial charge is 0.302 e. The molecule has 0 bridgehead atoms. The van der Waals surface area contributed by atoms with E-state index in [0.29, 0.717) is 13.2 Å². The molecule has 0 heterocycles. The fraction of sp³-hybridized carbons (Fsp3) is 0.900. The molecule has 0 aromatic carbocycles. The largest absolute Gasteiger partial charge is 0.466 e. The number of carbonyl (C=O) groups is 1. The lowest BCUT2D eigenvalue weighted by Crippen LogP contribution is -2.07. The van der Waals surface area contributed by atoms with Gasteiger partial charge in [-0.2, -0.15) is 0 Å². The van der Waals surface area contributed by atoms with Gasteiger partial charge in [0.1, 0.15) is 0 Å². The van der Waals surface area contributed by atoms with E-state index in [-0.39, 0.29) is 12.1 Å². The zero-order chi connectivity index (χ0) is 11.4. The van der Waals surface area contributed by atoms with Crippen molar-refractivity contribution < 1.29 is 19.4 Å². The first-order valence-corrected chi connectivity index (χ1v) is 4.84. The number of aliphatic hydroxyl groups is 1. The molecule has 0 fully saturated rings. The number of methoxy groups -OCH3 is 1. The Morgan fingerprint density at radius 1 is 1.50 bits per heavy atom. The lowest BCUT2D eigenvalue weighted by Gasteiger charge is -1.97. The first-order chi connectivity index (χ1) is 6.54. The van der Waals surface area contributed by atoms with Gasteiger partial charge < -0.3 is 14.6 Å². The Morgan fingerprint density at radius 2 is 2.07 bits per heavy atom. The number of hydrogen-bond donors (Lipinski definition) is 1. The van der Waals surface area contributed by atoms with Crippen LogP contribution in [0, 0.1) is 0 Å². The van der Waals surface area contributed by atoms with Gasteiger partial charge in [0, 0.05) is 14.0 Å². The predicted molar refractivity (Wildman–Crippen MR) is 55.1 cm³/mol. The van der Waals surface area contributed by atoms with Crippen molar-refractivity contribution in [3.05, 3.63) is 0 Å². The van der Waals surface area contributed by atoms with Crippen molar-refractivity contribution in [2.75, 3.05) is 20.3 Å². The van der Waals surface area contributed by atoms with Gasteiger partial charge >= 0.3 is 5.97 Å². The zero-order valence-corrected chi connectivity index (χ0v) is 9.58. The first kappa shape index (κ1) is 15.8. The molecule has 1 unspecified atom stereocenters. The van der Waals surface area contributed by atoms with Gasteiger partial charge in [-0.05, 0) is 13.3 Å². The second kappa shape index (κ2) is 12.4. The fourth-order valence-electron chi connectivity index (χ4n) is 0.601. The molecule has 0 amide bonds. The SMILES string of the molecule is CCCCOC(C)=O.COCC(C)O. The molecule has 0 aliphatic carbocycles. The molecular formula is C10H22O4. The van der Waals surface area contributed by atoms with E-state index in [0.717, 1.165) is 12.8 Å². The standard InChI is InChI=1S/C6H12O2.C4H10O2/c1-3-4-5-8-6(2)7;1-4(5)3-6-2/h3-5H2,1-2H3;4-5H,3H2,1-2H3. The maximum absolute atomic E-state index is 10.1. The van der Waals surface area contributed by atoms with Gasteiger partial charge in [-0.15, -0.1) is 0 Å². The average Bonchev–Trinajstić information content (AvgIpc) is 2.05. The Morgan fingerprint density at radius 3 is 2.29 bits per heavy atom. The summed E-state index contributed by atoms with van der Waals surface area (Å²) < 4.78 is 9.20. The molecule has 0 aromatic heterocycles. The average molecular weight is 206 g/mol. The molecule has 4 heteroatoms. The summed E-state index contributed by atoms with van der Waals surface area (Å²) >= 11 is 0. The van der Waals surface area contributed by atoms with Crippen molar-refractivity contribution in [2.45, 2.75) is 39.7 Å². The van der Waals surface area contributed by atoms with Gasteiger partial charge in [0.25, 0.3) is 0 Å². The van der Waals surface area contributed by atoms with Crippen LogP contribution in [0.3, 0.4) is 0 Å². The fourth-order valence-corrected chi connectivity index (χ4v) is 0.601. The molecule has 0 rings (SSSR count). The van der Waals surface area contributed by atoms with Crippen molar-refractivity contribution in [1.82, 2.24) is 0 Å². The molecule has 86 valence electrons. The van der Waals surface area contributed by atoms with Gasteiger partial charge in [0.05, 0.1) is 19.3 Å². The number of carbonyl (C=O) groups excluding carboxylic acids is 1. The molecule has 0 aliphatic heterocycles. The number of aliphatic hydroxyl groups excluding tert-OH is 1. The first-order valence-electron chi connectivity index (χ1n) is 4.84. The number of esters is 1. The Labute approximate surface area is 86.2 Å². The highest BCUT2D eigenvalue weighted by Crippen LogP contribution is 1.86. The van der Waals surface area contributed by atoms with E-state index < -0.39 is 0 Å². The van der Waals surface area contributed by atoms with Crippen molar-refractivity contribution in [3.63, 3.8) is 0 Å². The van der Waals surface area contributed by atoms with Gasteiger partial charge in [0.2, 0.25) is 0 Å². The number of ether oxygens (including phenoxy) is 2. The summed E-state index contributed by atoms with van der Waals surface area (Å²) in [5.74, 6) is -0.182. The highest BCUT2D eigenvalue weighted by molar-refractivity contribution is 5.65. The topological polar surface area (TPSA) is 55.8 Å². The Kier molecular flexibility index (Phi) is 14.0. The minimum Gasteiger partial charge on any atom is -0.466 e. The number of rotatable bonds is 5. The summed E-state index contributed by atoms with van der Waals surface area (Å²) in [4.78, 5) is 10.1. The Bertz CT molecular complexity index is 123. The molecule has 4 nitrogen and oxygen atoms in total. The van der Waals surface area contributed by atoms with Crippen LogP contribution >= 0.6 is 0 Å². The highest BCUT2D eigenvalue weighted by atomic mass is 16.5. The van der Waals surface area contributed by atoms with E-state index in [2.05, 4.69) is 16.4 Å². The Hall–Kier alpha value is -0.610. The van der Waals surface area contributed by atoms with Crippen LogP contribution in [0.4, 0.5) is 0 Å². The van der Waals surface area contributed by atoms with Crippen LogP contribution in [0.2, 0.25) is 0 Å². The van der Waals surface area contributed by atoms with Crippen LogP contribution in [0.5, 0.6) is 0 Å². The third-order valence-corrected chi connectivity index (χ3v) is 1.21. The van der Waals surface area contributed by atoms with Crippen LogP contribution < -0.4 is 0 Å². The number of hydrogen-bond acceptors (Lipinski definition) is 4. The molecule has 0 saturated heterocycles. The van der Waals surface area contributed by atoms with Crippen molar-refractivity contribution in [1.29, 1.82) is 0 Å². The second-order valence-corrected chi connectivity index (χ2v) is 3.00. The van der Waals surface area contributed by atoms with Crippen LogP contribution in [-0.4, -0.2) is 37.5 Å². The minimum atomic E-state index is -0.324. The summed E-state index contributed by atoms with van der Waals surface area (Å²) in [6, 6.07) is 0.